The van der Waals surface area contributed by atoms with Gasteiger partial charge in [0.2, 0.25) is 5.79 Å². The van der Waals surface area contributed by atoms with Gasteiger partial charge in [0.15, 0.2) is 0 Å². The third-order valence-corrected chi connectivity index (χ3v) is 5.52. The zero-order chi connectivity index (χ0) is 27.5. The van der Waals surface area contributed by atoms with Crippen LogP contribution in [0.4, 0.5) is 35.9 Å². The summed E-state index contributed by atoms with van der Waals surface area (Å²) in [6.45, 7) is 1.10. The van der Waals surface area contributed by atoms with Gasteiger partial charge in [-0.2, -0.15) is 13.2 Å². The van der Waals surface area contributed by atoms with Gasteiger partial charge < -0.3 is 20.4 Å². The second-order valence-corrected chi connectivity index (χ2v) is 8.55. The number of aliphatic imine (C=N–C) groups is 1. The molecule has 0 aliphatic carbocycles. The first-order valence-electron chi connectivity index (χ1n) is 10.8. The lowest BCUT2D eigenvalue weighted by Gasteiger charge is -2.34. The van der Waals surface area contributed by atoms with Gasteiger partial charge in [-0.3, -0.25) is 26.0 Å². The second-order valence-electron chi connectivity index (χ2n) is 8.55. The molecule has 3 rings (SSSR count). The second kappa shape index (κ2) is 10.4. The first-order chi connectivity index (χ1) is 17.2. The van der Waals surface area contributed by atoms with Crippen LogP contribution in [0.1, 0.15) is 5.56 Å². The topological polar surface area (TPSA) is 155 Å². The van der Waals surface area contributed by atoms with Crippen molar-refractivity contribution in [3.63, 3.8) is 0 Å². The summed E-state index contributed by atoms with van der Waals surface area (Å²) in [7, 11) is 5.40. The number of allylic oxidation sites excluding steroid dienone is 1. The van der Waals surface area contributed by atoms with E-state index in [0.29, 0.717) is 25.0 Å². The number of nitro benzene ring substituents is 2. The molecule has 2 aromatic rings. The normalized spacial score (nSPS) is 17.5. The van der Waals surface area contributed by atoms with Crippen molar-refractivity contribution in [1.82, 2.24) is 10.2 Å². The van der Waals surface area contributed by atoms with E-state index in [9.17, 15) is 33.4 Å². The molecule has 198 valence electrons. The number of halogens is 3. The van der Waals surface area contributed by atoms with Crippen LogP contribution in [0.5, 0.6) is 0 Å². The average Bonchev–Trinajstić information content (AvgIpc) is 2.81. The monoisotopic (exact) mass is 522 g/mol. The molecule has 0 saturated carbocycles. The molecule has 0 bridgehead atoms. The Morgan fingerprint density at radius 2 is 1.78 bits per heavy atom. The highest BCUT2D eigenvalue weighted by molar-refractivity contribution is 5.84. The minimum absolute atomic E-state index is 0.0139. The van der Waals surface area contributed by atoms with Crippen molar-refractivity contribution in [1.29, 1.82) is 0 Å². The van der Waals surface area contributed by atoms with Crippen molar-refractivity contribution >= 4 is 29.0 Å². The smallest absolute Gasteiger partial charge is 0.368 e. The molecule has 1 aliphatic rings. The van der Waals surface area contributed by atoms with Gasteiger partial charge >= 0.3 is 6.18 Å². The summed E-state index contributed by atoms with van der Waals surface area (Å²) in [6, 6.07) is 8.90. The molecule has 1 unspecified atom stereocenters. The summed E-state index contributed by atoms with van der Waals surface area (Å²) in [6.07, 6.45) is -4.34. The van der Waals surface area contributed by atoms with Crippen LogP contribution < -0.4 is 21.3 Å². The molecular formula is C22H25F3N8O4. The lowest BCUT2D eigenvalue weighted by Crippen LogP contribution is -2.53. The number of nitrogens with one attached hydrogen (secondary N) is 2. The Labute approximate surface area is 209 Å². The van der Waals surface area contributed by atoms with Gasteiger partial charge in [0.25, 0.3) is 11.4 Å². The number of rotatable bonds is 9. The number of nitrogens with zero attached hydrogens (tertiary/aromatic N) is 5. The Bertz CT molecular complexity index is 1260. The summed E-state index contributed by atoms with van der Waals surface area (Å²) in [4.78, 5) is 29.0. The van der Waals surface area contributed by atoms with Crippen LogP contribution in [0, 0.1) is 20.2 Å². The van der Waals surface area contributed by atoms with Crippen molar-refractivity contribution in [3.8, 4) is 0 Å². The van der Waals surface area contributed by atoms with E-state index < -0.39 is 33.2 Å². The standard InChI is InChI=1S/C22H25F3N8O4/c1-30(2)9-10-31(3)18-8-7-14(11-19(18)33(36)37)22(26)27-13-17(21(23,24)25)20(29-22)28-15-5-4-6-16(12-15)32(34)35/h4-8,11-13,28-29H,9-10,26H2,1-3H3. The third-order valence-electron chi connectivity index (χ3n) is 5.52. The summed E-state index contributed by atoms with van der Waals surface area (Å²) in [5.41, 5.74) is 4.75. The van der Waals surface area contributed by atoms with Crippen LogP contribution in [0.25, 0.3) is 0 Å². The molecule has 0 radical (unpaired) electrons. The third kappa shape index (κ3) is 6.31. The largest absolute Gasteiger partial charge is 0.421 e. The minimum atomic E-state index is -4.86. The van der Waals surface area contributed by atoms with Gasteiger partial charge in [-0.15, -0.1) is 0 Å². The number of anilines is 2. The van der Waals surface area contributed by atoms with Crippen LogP contribution >= 0.6 is 0 Å². The van der Waals surface area contributed by atoms with Gasteiger partial charge in [-0.05, 0) is 26.2 Å². The quantitative estimate of drug-likeness (QED) is 0.333. The maximum Gasteiger partial charge on any atom is 0.421 e. The summed E-state index contributed by atoms with van der Waals surface area (Å²) >= 11 is 0. The summed E-state index contributed by atoms with van der Waals surface area (Å²) < 4.78 is 41.2. The number of likely N-dealkylation sites (N-methyl/N-ethyl adjacent to an activating group) is 2. The molecule has 0 saturated heterocycles. The Morgan fingerprint density at radius 3 is 2.38 bits per heavy atom. The van der Waals surface area contributed by atoms with Gasteiger partial charge in [0, 0.05) is 55.8 Å². The molecule has 1 atom stereocenters. The molecule has 15 heteroatoms. The fourth-order valence-corrected chi connectivity index (χ4v) is 3.52. The molecule has 0 aromatic heterocycles. The van der Waals surface area contributed by atoms with Gasteiger partial charge in [-0.25, -0.2) is 4.99 Å². The van der Waals surface area contributed by atoms with Crippen LogP contribution in [0.3, 0.4) is 0 Å². The van der Waals surface area contributed by atoms with Gasteiger partial charge in [0.05, 0.1) is 9.85 Å². The van der Waals surface area contributed by atoms with Crippen molar-refractivity contribution < 1.29 is 23.0 Å². The van der Waals surface area contributed by atoms with E-state index >= 15 is 0 Å². The highest BCUT2D eigenvalue weighted by Gasteiger charge is 2.42. The van der Waals surface area contributed by atoms with Crippen LogP contribution in [0.15, 0.2) is 58.9 Å². The van der Waals surface area contributed by atoms with E-state index in [-0.39, 0.29) is 22.6 Å². The van der Waals surface area contributed by atoms with Crippen molar-refractivity contribution in [2.45, 2.75) is 12.0 Å². The summed E-state index contributed by atoms with van der Waals surface area (Å²) in [5, 5.41) is 27.8. The van der Waals surface area contributed by atoms with E-state index in [1.54, 1.807) is 11.9 Å². The number of hydrogen-bond donors (Lipinski definition) is 3. The van der Waals surface area contributed by atoms with Crippen LogP contribution in [0.2, 0.25) is 0 Å². The Kier molecular flexibility index (Phi) is 7.69. The lowest BCUT2D eigenvalue weighted by atomic mass is 10.0. The zero-order valence-corrected chi connectivity index (χ0v) is 20.1. The van der Waals surface area contributed by atoms with Crippen molar-refractivity contribution in [2.24, 2.45) is 10.7 Å². The maximum absolute atomic E-state index is 13.7. The first kappa shape index (κ1) is 27.3. The fraction of sp³-hybridized carbons (Fsp3) is 0.318. The Hall–Kier alpha value is -4.24. The van der Waals surface area contributed by atoms with Crippen molar-refractivity contribution in [2.75, 3.05) is 44.4 Å². The number of nitrogens with two attached hydrogens (primary N) is 1. The molecule has 0 fully saturated rings. The molecule has 1 aliphatic heterocycles. The highest BCUT2D eigenvalue weighted by atomic mass is 19.4. The molecule has 1 heterocycles. The predicted octanol–water partition coefficient (Wildman–Crippen LogP) is 3.13. The van der Waals surface area contributed by atoms with E-state index in [2.05, 4.69) is 15.6 Å². The molecule has 12 nitrogen and oxygen atoms in total. The van der Waals surface area contributed by atoms with E-state index in [4.69, 9.17) is 5.73 Å². The fourth-order valence-electron chi connectivity index (χ4n) is 3.52. The average molecular weight is 522 g/mol. The molecule has 4 N–H and O–H groups in total. The molecule has 2 aromatic carbocycles. The molecule has 37 heavy (non-hydrogen) atoms. The molecule has 0 amide bonds. The molecular weight excluding hydrogens is 497 g/mol. The number of nitro groups is 2. The van der Waals surface area contributed by atoms with E-state index in [1.165, 1.54) is 30.3 Å². The predicted molar refractivity (Wildman–Crippen MR) is 132 cm³/mol. The maximum atomic E-state index is 13.7. The SMILES string of the molecule is CN(C)CCN(C)c1ccc(C2(N)N=CC(C(F)(F)F)=C(Nc3cccc([N+](=O)[O-])c3)N2)cc1[N+](=O)[O-]. The number of hydrogen-bond acceptors (Lipinski definition) is 10. The number of alkyl halides is 3. The van der Waals surface area contributed by atoms with Gasteiger partial charge in [0.1, 0.15) is 17.1 Å². The van der Waals surface area contributed by atoms with Gasteiger partial charge in [-0.1, -0.05) is 12.1 Å². The highest BCUT2D eigenvalue weighted by Crippen LogP contribution is 2.36. The lowest BCUT2D eigenvalue weighted by molar-refractivity contribution is -0.384. The van der Waals surface area contributed by atoms with E-state index in [1.807, 2.05) is 19.0 Å². The number of benzene rings is 2. The first-order valence-corrected chi connectivity index (χ1v) is 10.8. The molecule has 0 spiro atoms. The Morgan fingerprint density at radius 1 is 1.08 bits per heavy atom. The minimum Gasteiger partial charge on any atom is -0.368 e. The van der Waals surface area contributed by atoms with Crippen LogP contribution in [-0.4, -0.2) is 61.4 Å². The Balaban J connectivity index is 2.00. The van der Waals surface area contributed by atoms with Crippen LogP contribution in [-0.2, 0) is 5.79 Å². The zero-order valence-electron chi connectivity index (χ0n) is 20.1. The summed E-state index contributed by atoms with van der Waals surface area (Å²) in [5.74, 6) is -2.64. The number of non-ortho nitro benzene ring substituents is 1. The van der Waals surface area contributed by atoms with Crippen molar-refractivity contribution in [3.05, 3.63) is 79.7 Å². The van der Waals surface area contributed by atoms with E-state index in [0.717, 1.165) is 12.1 Å².